The van der Waals surface area contributed by atoms with Crippen LogP contribution in [0.3, 0.4) is 0 Å². The smallest absolute Gasteiger partial charge is 0.238 e. The van der Waals surface area contributed by atoms with Crippen molar-refractivity contribution in [3.8, 4) is 0 Å². The summed E-state index contributed by atoms with van der Waals surface area (Å²) >= 11 is 0. The summed E-state index contributed by atoms with van der Waals surface area (Å²) in [6.07, 6.45) is 0. The van der Waals surface area contributed by atoms with Crippen LogP contribution in [0.15, 0.2) is 24.3 Å². The van der Waals surface area contributed by atoms with Crippen molar-refractivity contribution in [1.82, 2.24) is 5.32 Å². The zero-order valence-corrected chi connectivity index (χ0v) is 8.79. The van der Waals surface area contributed by atoms with Crippen LogP contribution in [-0.2, 0) is 11.4 Å². The molecular weight excluding hydrogens is 192 g/mol. The Morgan fingerprint density at radius 1 is 1.33 bits per heavy atom. The standard InChI is InChI=1S/C11H16N2O2/c1-2-12-7-11(15)13-10-5-3-9(8-14)4-6-10/h3-6,12,14H,2,7-8H2,1H3,(H,13,15). The van der Waals surface area contributed by atoms with Gasteiger partial charge in [-0.2, -0.15) is 0 Å². The van der Waals surface area contributed by atoms with Gasteiger partial charge in [0.2, 0.25) is 5.91 Å². The first kappa shape index (κ1) is 11.7. The first-order valence-electron chi connectivity index (χ1n) is 4.96. The first-order valence-corrected chi connectivity index (χ1v) is 4.96. The molecule has 0 atom stereocenters. The summed E-state index contributed by atoms with van der Waals surface area (Å²) in [5, 5.41) is 14.5. The molecule has 0 radical (unpaired) electrons. The van der Waals surface area contributed by atoms with E-state index in [2.05, 4.69) is 10.6 Å². The molecule has 0 aliphatic rings. The molecule has 0 aliphatic heterocycles. The number of aliphatic hydroxyl groups is 1. The number of aliphatic hydroxyl groups excluding tert-OH is 1. The monoisotopic (exact) mass is 208 g/mol. The maximum absolute atomic E-state index is 11.3. The molecule has 3 N–H and O–H groups in total. The highest BCUT2D eigenvalue weighted by molar-refractivity contribution is 5.92. The fourth-order valence-corrected chi connectivity index (χ4v) is 1.14. The van der Waals surface area contributed by atoms with Gasteiger partial charge in [0.05, 0.1) is 13.2 Å². The Morgan fingerprint density at radius 2 is 2.00 bits per heavy atom. The van der Waals surface area contributed by atoms with Gasteiger partial charge in [-0.25, -0.2) is 0 Å². The Morgan fingerprint density at radius 3 is 2.53 bits per heavy atom. The summed E-state index contributed by atoms with van der Waals surface area (Å²) < 4.78 is 0. The van der Waals surface area contributed by atoms with Crippen molar-refractivity contribution in [3.05, 3.63) is 29.8 Å². The number of hydrogen-bond donors (Lipinski definition) is 3. The lowest BCUT2D eigenvalue weighted by Crippen LogP contribution is -2.27. The lowest BCUT2D eigenvalue weighted by molar-refractivity contribution is -0.115. The van der Waals surface area contributed by atoms with E-state index in [4.69, 9.17) is 5.11 Å². The molecule has 0 bridgehead atoms. The van der Waals surface area contributed by atoms with E-state index in [1.54, 1.807) is 24.3 Å². The van der Waals surface area contributed by atoms with Crippen molar-refractivity contribution < 1.29 is 9.90 Å². The molecule has 4 heteroatoms. The third kappa shape index (κ3) is 4.10. The number of carbonyl (C=O) groups is 1. The number of amides is 1. The van der Waals surface area contributed by atoms with Crippen LogP contribution in [-0.4, -0.2) is 24.1 Å². The van der Waals surface area contributed by atoms with Crippen molar-refractivity contribution in [2.24, 2.45) is 0 Å². The number of benzene rings is 1. The van der Waals surface area contributed by atoms with Gasteiger partial charge in [0.1, 0.15) is 0 Å². The van der Waals surface area contributed by atoms with Crippen LogP contribution in [0.2, 0.25) is 0 Å². The highest BCUT2D eigenvalue weighted by atomic mass is 16.3. The molecule has 0 aromatic heterocycles. The van der Waals surface area contributed by atoms with E-state index in [1.807, 2.05) is 6.92 Å². The Bertz CT molecular complexity index is 309. The zero-order valence-electron chi connectivity index (χ0n) is 8.79. The molecule has 0 spiro atoms. The molecule has 1 aromatic rings. The fraction of sp³-hybridized carbons (Fsp3) is 0.364. The second-order valence-electron chi connectivity index (χ2n) is 3.18. The van der Waals surface area contributed by atoms with E-state index in [0.717, 1.165) is 17.8 Å². The SMILES string of the molecule is CCNCC(=O)Nc1ccc(CO)cc1. The third-order valence-electron chi connectivity index (χ3n) is 1.96. The molecule has 0 saturated carbocycles. The third-order valence-corrected chi connectivity index (χ3v) is 1.96. The first-order chi connectivity index (χ1) is 7.26. The Kier molecular flexibility index (Phi) is 4.80. The van der Waals surface area contributed by atoms with Crippen molar-refractivity contribution in [2.75, 3.05) is 18.4 Å². The summed E-state index contributed by atoms with van der Waals surface area (Å²) in [5.41, 5.74) is 1.58. The van der Waals surface area contributed by atoms with E-state index >= 15 is 0 Å². The average Bonchev–Trinajstić information content (AvgIpc) is 2.27. The predicted octanol–water partition coefficient (Wildman–Crippen LogP) is 0.727. The van der Waals surface area contributed by atoms with Gasteiger partial charge in [0, 0.05) is 5.69 Å². The number of hydrogen-bond acceptors (Lipinski definition) is 3. The maximum Gasteiger partial charge on any atom is 0.238 e. The Hall–Kier alpha value is -1.39. The highest BCUT2D eigenvalue weighted by Gasteiger charge is 2.00. The molecule has 1 amide bonds. The molecule has 0 saturated heterocycles. The van der Waals surface area contributed by atoms with E-state index in [9.17, 15) is 4.79 Å². The van der Waals surface area contributed by atoms with Crippen molar-refractivity contribution >= 4 is 11.6 Å². The van der Waals surface area contributed by atoms with Crippen molar-refractivity contribution in [1.29, 1.82) is 0 Å². The zero-order chi connectivity index (χ0) is 11.1. The van der Waals surface area contributed by atoms with E-state index < -0.39 is 0 Å². The fourth-order valence-electron chi connectivity index (χ4n) is 1.14. The summed E-state index contributed by atoms with van der Waals surface area (Å²) in [4.78, 5) is 11.3. The molecular formula is C11H16N2O2. The molecule has 0 heterocycles. The van der Waals surface area contributed by atoms with Crippen molar-refractivity contribution in [3.63, 3.8) is 0 Å². The summed E-state index contributed by atoms with van der Waals surface area (Å²) in [5.74, 6) is -0.0615. The number of rotatable bonds is 5. The van der Waals surface area contributed by atoms with Gasteiger partial charge in [-0.1, -0.05) is 19.1 Å². The van der Waals surface area contributed by atoms with Gasteiger partial charge in [0.25, 0.3) is 0 Å². The van der Waals surface area contributed by atoms with Crippen LogP contribution in [0.5, 0.6) is 0 Å². The van der Waals surface area contributed by atoms with Crippen LogP contribution in [0.1, 0.15) is 12.5 Å². The van der Waals surface area contributed by atoms with Crippen LogP contribution >= 0.6 is 0 Å². The minimum Gasteiger partial charge on any atom is -0.392 e. The van der Waals surface area contributed by atoms with E-state index in [-0.39, 0.29) is 12.5 Å². The van der Waals surface area contributed by atoms with E-state index in [0.29, 0.717) is 6.54 Å². The van der Waals surface area contributed by atoms with Crippen LogP contribution in [0.4, 0.5) is 5.69 Å². The van der Waals surface area contributed by atoms with Gasteiger partial charge in [0.15, 0.2) is 0 Å². The largest absolute Gasteiger partial charge is 0.392 e. The predicted molar refractivity (Wildman–Crippen MR) is 59.5 cm³/mol. The highest BCUT2D eigenvalue weighted by Crippen LogP contribution is 2.08. The molecule has 4 nitrogen and oxygen atoms in total. The topological polar surface area (TPSA) is 61.4 Å². The summed E-state index contributed by atoms with van der Waals surface area (Å²) in [6, 6.07) is 7.11. The molecule has 15 heavy (non-hydrogen) atoms. The minimum absolute atomic E-state index is 0.0195. The molecule has 1 aromatic carbocycles. The number of nitrogens with one attached hydrogen (secondary N) is 2. The maximum atomic E-state index is 11.3. The summed E-state index contributed by atoms with van der Waals surface area (Å²) in [7, 11) is 0. The summed E-state index contributed by atoms with van der Waals surface area (Å²) in [6.45, 7) is 3.06. The molecule has 0 aliphatic carbocycles. The lowest BCUT2D eigenvalue weighted by atomic mass is 10.2. The molecule has 82 valence electrons. The average molecular weight is 208 g/mol. The van der Waals surface area contributed by atoms with Gasteiger partial charge in [-0.15, -0.1) is 0 Å². The number of carbonyl (C=O) groups excluding carboxylic acids is 1. The molecule has 1 rings (SSSR count). The van der Waals surface area contributed by atoms with Gasteiger partial charge >= 0.3 is 0 Å². The van der Waals surface area contributed by atoms with Crippen molar-refractivity contribution in [2.45, 2.75) is 13.5 Å². The Balaban J connectivity index is 2.46. The van der Waals surface area contributed by atoms with Gasteiger partial charge in [-0.3, -0.25) is 4.79 Å². The molecule has 0 unspecified atom stereocenters. The lowest BCUT2D eigenvalue weighted by Gasteiger charge is -2.05. The quantitative estimate of drug-likeness (QED) is 0.668. The molecule has 0 fully saturated rings. The van der Waals surface area contributed by atoms with Gasteiger partial charge < -0.3 is 15.7 Å². The number of likely N-dealkylation sites (N-methyl/N-ethyl adjacent to an activating group) is 1. The van der Waals surface area contributed by atoms with E-state index in [1.165, 1.54) is 0 Å². The minimum atomic E-state index is -0.0615. The second kappa shape index (κ2) is 6.16. The van der Waals surface area contributed by atoms with Gasteiger partial charge in [-0.05, 0) is 24.2 Å². The van der Waals surface area contributed by atoms with Crippen LogP contribution in [0.25, 0.3) is 0 Å². The second-order valence-corrected chi connectivity index (χ2v) is 3.18. The Labute approximate surface area is 89.3 Å². The number of anilines is 1. The normalized spacial score (nSPS) is 10.0. The van der Waals surface area contributed by atoms with Crippen LogP contribution < -0.4 is 10.6 Å². The van der Waals surface area contributed by atoms with Crippen LogP contribution in [0, 0.1) is 0 Å².